The van der Waals surface area contributed by atoms with E-state index in [4.69, 9.17) is 27.9 Å². The molecule has 1 atom stereocenters. The molecule has 1 aromatic carbocycles. The van der Waals surface area contributed by atoms with Gasteiger partial charge < -0.3 is 15.4 Å². The summed E-state index contributed by atoms with van der Waals surface area (Å²) in [7, 11) is 0. The van der Waals surface area contributed by atoms with E-state index in [0.717, 1.165) is 4.88 Å². The summed E-state index contributed by atoms with van der Waals surface area (Å²) in [6.45, 7) is 2.96. The van der Waals surface area contributed by atoms with Crippen LogP contribution in [-0.2, 0) is 14.3 Å². The Morgan fingerprint density at radius 3 is 2.38 bits per heavy atom. The van der Waals surface area contributed by atoms with E-state index in [1.54, 1.807) is 6.07 Å². The van der Waals surface area contributed by atoms with Crippen molar-refractivity contribution >= 4 is 58.0 Å². The topological polar surface area (TPSA) is 84.5 Å². The van der Waals surface area contributed by atoms with Gasteiger partial charge in [-0.2, -0.15) is 0 Å². The molecule has 26 heavy (non-hydrogen) atoms. The molecule has 0 unspecified atom stereocenters. The molecule has 0 radical (unpaired) electrons. The van der Waals surface area contributed by atoms with Crippen molar-refractivity contribution in [1.82, 2.24) is 5.32 Å². The van der Waals surface area contributed by atoms with Crippen LogP contribution in [0.3, 0.4) is 0 Å². The number of carbonyl (C=O) groups excluding carboxylic acids is 3. The van der Waals surface area contributed by atoms with Crippen LogP contribution in [0.5, 0.6) is 0 Å². The third kappa shape index (κ3) is 6.01. The molecule has 138 valence electrons. The largest absolute Gasteiger partial charge is 0.451 e. The Morgan fingerprint density at radius 2 is 1.81 bits per heavy atom. The Morgan fingerprint density at radius 1 is 1.15 bits per heavy atom. The predicted molar refractivity (Wildman–Crippen MR) is 102 cm³/mol. The van der Waals surface area contributed by atoms with Gasteiger partial charge in [0.25, 0.3) is 11.8 Å². The van der Waals surface area contributed by atoms with Gasteiger partial charge in [0.2, 0.25) is 0 Å². The Bertz CT molecular complexity index is 818. The number of ether oxygens (including phenoxy) is 1. The van der Waals surface area contributed by atoms with E-state index in [9.17, 15) is 14.4 Å². The highest BCUT2D eigenvalue weighted by Gasteiger charge is 2.19. The van der Waals surface area contributed by atoms with Crippen LogP contribution < -0.4 is 10.6 Å². The van der Waals surface area contributed by atoms with Gasteiger partial charge in [-0.15, -0.1) is 11.3 Å². The Hall–Kier alpha value is -2.09. The average molecular weight is 415 g/mol. The molecule has 0 aliphatic carbocycles. The first-order valence-corrected chi connectivity index (χ1v) is 9.13. The SMILES string of the molecule is Cc1ccc(C(=O)NCC(=O)O[C@@H](C)C(=O)Nc2cc(Cl)cc(Cl)c2)s1. The number of anilines is 1. The van der Waals surface area contributed by atoms with Crippen LogP contribution in [0.4, 0.5) is 5.69 Å². The zero-order chi connectivity index (χ0) is 19.3. The number of halogens is 2. The first-order valence-electron chi connectivity index (χ1n) is 7.55. The maximum Gasteiger partial charge on any atom is 0.326 e. The number of carbonyl (C=O) groups is 3. The zero-order valence-corrected chi connectivity index (χ0v) is 16.3. The number of aryl methyl sites for hydroxylation is 1. The summed E-state index contributed by atoms with van der Waals surface area (Å²) in [5.74, 6) is -1.64. The number of hydrogen-bond donors (Lipinski definition) is 2. The predicted octanol–water partition coefficient (Wildman–Crippen LogP) is 3.66. The first-order chi connectivity index (χ1) is 12.2. The van der Waals surface area contributed by atoms with Crippen LogP contribution in [0.1, 0.15) is 21.5 Å². The van der Waals surface area contributed by atoms with Gasteiger partial charge in [-0.25, -0.2) is 0 Å². The summed E-state index contributed by atoms with van der Waals surface area (Å²) in [5, 5.41) is 5.73. The molecular weight excluding hydrogens is 399 g/mol. The third-order valence-corrected chi connectivity index (χ3v) is 4.60. The Balaban J connectivity index is 1.82. The normalized spacial score (nSPS) is 11.5. The molecule has 0 spiro atoms. The Kier molecular flexibility index (Phi) is 7.02. The fourth-order valence-corrected chi connectivity index (χ4v) is 3.27. The fourth-order valence-electron chi connectivity index (χ4n) is 1.96. The van der Waals surface area contributed by atoms with Gasteiger partial charge in [0.1, 0.15) is 6.54 Å². The van der Waals surface area contributed by atoms with E-state index < -0.39 is 18.0 Å². The molecule has 0 saturated heterocycles. The lowest BCUT2D eigenvalue weighted by atomic mass is 10.3. The van der Waals surface area contributed by atoms with Crippen molar-refractivity contribution in [3.8, 4) is 0 Å². The van der Waals surface area contributed by atoms with Gasteiger partial charge >= 0.3 is 5.97 Å². The van der Waals surface area contributed by atoms with Crippen molar-refractivity contribution < 1.29 is 19.1 Å². The molecule has 1 heterocycles. The van der Waals surface area contributed by atoms with Crippen molar-refractivity contribution in [2.24, 2.45) is 0 Å². The van der Waals surface area contributed by atoms with Crippen molar-refractivity contribution in [2.45, 2.75) is 20.0 Å². The highest BCUT2D eigenvalue weighted by atomic mass is 35.5. The maximum atomic E-state index is 12.1. The van der Waals surface area contributed by atoms with Gasteiger partial charge in [0.05, 0.1) is 4.88 Å². The van der Waals surface area contributed by atoms with Gasteiger partial charge in [-0.05, 0) is 44.2 Å². The lowest BCUT2D eigenvalue weighted by Gasteiger charge is -2.14. The Labute approximate surface area is 164 Å². The summed E-state index contributed by atoms with van der Waals surface area (Å²) in [4.78, 5) is 37.2. The summed E-state index contributed by atoms with van der Waals surface area (Å²) in [6, 6.07) is 8.05. The third-order valence-electron chi connectivity index (χ3n) is 3.16. The molecule has 2 amide bonds. The molecule has 1 aromatic heterocycles. The molecule has 0 saturated carbocycles. The molecule has 0 bridgehead atoms. The van der Waals surface area contributed by atoms with Crippen LogP contribution in [0.15, 0.2) is 30.3 Å². The molecular formula is C17H16Cl2N2O4S. The molecule has 9 heteroatoms. The van der Waals surface area contributed by atoms with Gasteiger partial charge in [0.15, 0.2) is 6.10 Å². The molecule has 2 N–H and O–H groups in total. The van der Waals surface area contributed by atoms with Crippen LogP contribution in [0, 0.1) is 6.92 Å². The first kappa shape index (κ1) is 20.2. The number of rotatable bonds is 6. The number of hydrogen-bond acceptors (Lipinski definition) is 5. The number of benzene rings is 1. The van der Waals surface area contributed by atoms with Crippen molar-refractivity contribution in [3.63, 3.8) is 0 Å². The highest BCUT2D eigenvalue weighted by Crippen LogP contribution is 2.22. The fraction of sp³-hybridized carbons (Fsp3) is 0.235. The van der Waals surface area contributed by atoms with Gasteiger partial charge in [-0.1, -0.05) is 23.2 Å². The van der Waals surface area contributed by atoms with E-state index >= 15 is 0 Å². The standard InChI is InChI=1S/C17H16Cl2N2O4S/c1-9-3-4-14(26-9)17(24)20-8-15(22)25-10(2)16(23)21-13-6-11(18)5-12(19)7-13/h3-7,10H,8H2,1-2H3,(H,20,24)(H,21,23)/t10-/m0/s1. The van der Waals surface area contributed by atoms with Crippen molar-refractivity contribution in [2.75, 3.05) is 11.9 Å². The molecule has 0 aliphatic heterocycles. The van der Waals surface area contributed by atoms with E-state index in [-0.39, 0.29) is 12.5 Å². The maximum absolute atomic E-state index is 12.1. The monoisotopic (exact) mass is 414 g/mol. The highest BCUT2D eigenvalue weighted by molar-refractivity contribution is 7.13. The molecule has 2 aromatic rings. The molecule has 0 fully saturated rings. The van der Waals surface area contributed by atoms with E-state index in [1.807, 2.05) is 13.0 Å². The second-order valence-electron chi connectivity index (χ2n) is 5.37. The molecule has 6 nitrogen and oxygen atoms in total. The smallest absolute Gasteiger partial charge is 0.326 e. The number of thiophene rings is 1. The van der Waals surface area contributed by atoms with Gasteiger partial charge in [-0.3, -0.25) is 14.4 Å². The summed E-state index contributed by atoms with van der Waals surface area (Å²) < 4.78 is 5.01. The van der Waals surface area contributed by atoms with Crippen molar-refractivity contribution in [1.29, 1.82) is 0 Å². The molecule has 2 rings (SSSR count). The van der Waals surface area contributed by atoms with Crippen LogP contribution in [0.2, 0.25) is 10.0 Å². The van der Waals surface area contributed by atoms with Gasteiger partial charge in [0, 0.05) is 20.6 Å². The number of esters is 1. The molecule has 0 aliphatic rings. The minimum atomic E-state index is -1.05. The second-order valence-corrected chi connectivity index (χ2v) is 7.53. The van der Waals surface area contributed by atoms with E-state index in [2.05, 4.69) is 10.6 Å². The lowest BCUT2D eigenvalue weighted by Crippen LogP contribution is -2.35. The lowest BCUT2D eigenvalue weighted by molar-refractivity contribution is -0.152. The minimum absolute atomic E-state index is 0.337. The van der Waals surface area contributed by atoms with E-state index in [0.29, 0.717) is 20.6 Å². The van der Waals surface area contributed by atoms with Crippen molar-refractivity contribution in [3.05, 3.63) is 50.1 Å². The van der Waals surface area contributed by atoms with Crippen LogP contribution >= 0.6 is 34.5 Å². The summed E-state index contributed by atoms with van der Waals surface area (Å²) >= 11 is 13.0. The quantitative estimate of drug-likeness (QED) is 0.706. The van der Waals surface area contributed by atoms with E-state index in [1.165, 1.54) is 36.5 Å². The summed E-state index contributed by atoms with van der Waals surface area (Å²) in [5.41, 5.74) is 0.386. The zero-order valence-electron chi connectivity index (χ0n) is 14.0. The average Bonchev–Trinajstić information content (AvgIpc) is 2.98. The number of amides is 2. The second kappa shape index (κ2) is 9.02. The minimum Gasteiger partial charge on any atom is -0.451 e. The summed E-state index contributed by atoms with van der Waals surface area (Å²) in [6.07, 6.45) is -1.05. The van der Waals surface area contributed by atoms with Crippen LogP contribution in [0.25, 0.3) is 0 Å². The number of nitrogens with one attached hydrogen (secondary N) is 2. The van der Waals surface area contributed by atoms with Crippen LogP contribution in [-0.4, -0.2) is 30.4 Å².